The van der Waals surface area contributed by atoms with Crippen LogP contribution in [-0.4, -0.2) is 52.6 Å². The van der Waals surface area contributed by atoms with E-state index in [0.717, 1.165) is 0 Å². The van der Waals surface area contributed by atoms with Crippen LogP contribution in [-0.2, 0) is 19.1 Å². The summed E-state index contributed by atoms with van der Waals surface area (Å²) >= 11 is 1.54. The highest BCUT2D eigenvalue weighted by molar-refractivity contribution is 8.01. The molecule has 2 amide bonds. The number of ether oxygens (including phenoxy) is 2. The van der Waals surface area contributed by atoms with E-state index in [1.165, 1.54) is 36.0 Å². The van der Waals surface area contributed by atoms with Crippen molar-refractivity contribution in [2.24, 2.45) is 0 Å². The van der Waals surface area contributed by atoms with Gasteiger partial charge in [-0.2, -0.15) is 8.78 Å². The fourth-order valence-corrected chi connectivity index (χ4v) is 4.56. The summed E-state index contributed by atoms with van der Waals surface area (Å²) in [4.78, 5) is 37.4. The van der Waals surface area contributed by atoms with Crippen molar-refractivity contribution < 1.29 is 32.6 Å². The summed E-state index contributed by atoms with van der Waals surface area (Å²) in [5.41, 5.74) is 0.344. The Hall–Kier alpha value is -2.36. The Balaban J connectivity index is 1.49. The molecule has 0 saturated carbocycles. The third kappa shape index (κ3) is 4.32. The highest BCUT2D eigenvalue weighted by Crippen LogP contribution is 2.47. The molecule has 0 unspecified atom stereocenters. The number of amides is 2. The Kier molecular flexibility index (Phi) is 5.54. The molecule has 0 aliphatic carbocycles. The molecule has 0 radical (unpaired) electrons. The molecule has 2 aliphatic rings. The van der Waals surface area contributed by atoms with Crippen molar-refractivity contribution in [3.05, 3.63) is 24.3 Å². The van der Waals surface area contributed by atoms with E-state index in [2.05, 4.69) is 10.1 Å². The molecule has 10 heteroatoms. The molecule has 3 rings (SSSR count). The van der Waals surface area contributed by atoms with Gasteiger partial charge in [-0.1, -0.05) is 0 Å². The maximum Gasteiger partial charge on any atom is 0.387 e. The smallest absolute Gasteiger partial charge is 0.387 e. The molecule has 2 aliphatic heterocycles. The number of thioether (sulfide) groups is 1. The summed E-state index contributed by atoms with van der Waals surface area (Å²) in [6.07, 6.45) is 1.09. The summed E-state index contributed by atoms with van der Waals surface area (Å²) in [6, 6.07) is 4.65. The lowest BCUT2D eigenvalue weighted by atomic mass is 10.2. The maximum atomic E-state index is 12.3. The minimum atomic E-state index is -2.93. The molecule has 27 heavy (non-hydrogen) atoms. The van der Waals surface area contributed by atoms with Gasteiger partial charge in [0.1, 0.15) is 11.8 Å². The molecule has 1 aromatic rings. The largest absolute Gasteiger partial charge is 0.454 e. The first-order valence-corrected chi connectivity index (χ1v) is 9.24. The van der Waals surface area contributed by atoms with Crippen molar-refractivity contribution >= 4 is 35.2 Å². The Morgan fingerprint density at radius 3 is 2.74 bits per heavy atom. The molecule has 0 aromatic heterocycles. The number of anilines is 1. The first kappa shape index (κ1) is 19.4. The van der Waals surface area contributed by atoms with E-state index in [1.54, 1.807) is 4.90 Å². The number of halogens is 2. The van der Waals surface area contributed by atoms with Gasteiger partial charge < -0.3 is 19.7 Å². The second-order valence-electron chi connectivity index (χ2n) is 6.32. The zero-order chi connectivity index (χ0) is 19.6. The topological polar surface area (TPSA) is 84.9 Å². The zero-order valence-corrected chi connectivity index (χ0v) is 15.3. The van der Waals surface area contributed by atoms with Crippen LogP contribution < -0.4 is 10.1 Å². The lowest BCUT2D eigenvalue weighted by molar-refractivity contribution is -0.155. The van der Waals surface area contributed by atoms with Crippen LogP contribution in [0, 0.1) is 0 Å². The summed E-state index contributed by atoms with van der Waals surface area (Å²) in [6.45, 7) is -1.51. The van der Waals surface area contributed by atoms with E-state index < -0.39 is 31.1 Å². The molecule has 0 spiro atoms. The molecular weight excluding hydrogens is 382 g/mol. The van der Waals surface area contributed by atoms with Crippen LogP contribution in [0.4, 0.5) is 14.5 Å². The van der Waals surface area contributed by atoms with Crippen molar-refractivity contribution in [2.45, 2.75) is 37.3 Å². The number of carbonyl (C=O) groups is 3. The molecule has 1 aromatic carbocycles. The number of nitrogens with zero attached hydrogens (tertiary/aromatic N) is 1. The quantitative estimate of drug-likeness (QED) is 0.737. The Bertz CT molecular complexity index is 745. The van der Waals surface area contributed by atoms with Crippen LogP contribution in [0.25, 0.3) is 0 Å². The van der Waals surface area contributed by atoms with Crippen LogP contribution in [0.3, 0.4) is 0 Å². The highest BCUT2D eigenvalue weighted by Gasteiger charge is 2.53. The first-order chi connectivity index (χ1) is 12.8. The Labute approximate surface area is 158 Å². The van der Waals surface area contributed by atoms with Gasteiger partial charge in [-0.25, -0.2) is 4.79 Å². The van der Waals surface area contributed by atoms with Crippen LogP contribution in [0.5, 0.6) is 5.75 Å². The van der Waals surface area contributed by atoms with Crippen LogP contribution in [0.1, 0.15) is 19.8 Å². The average molecular weight is 400 g/mol. The zero-order valence-electron chi connectivity index (χ0n) is 14.4. The van der Waals surface area contributed by atoms with Gasteiger partial charge in [-0.3, -0.25) is 9.59 Å². The fraction of sp³-hybridized carbons (Fsp3) is 0.471. The molecule has 2 atom stereocenters. The van der Waals surface area contributed by atoms with Crippen molar-refractivity contribution in [3.63, 3.8) is 0 Å². The first-order valence-electron chi connectivity index (χ1n) is 8.26. The molecule has 2 fully saturated rings. The third-order valence-electron chi connectivity index (χ3n) is 4.43. The van der Waals surface area contributed by atoms with E-state index in [1.807, 2.05) is 6.92 Å². The molecule has 7 nitrogen and oxygen atoms in total. The van der Waals surface area contributed by atoms with Crippen molar-refractivity contribution in [2.75, 3.05) is 17.7 Å². The number of benzene rings is 1. The number of esters is 1. The average Bonchev–Trinajstić information content (AvgIpc) is 3.10. The van der Waals surface area contributed by atoms with Gasteiger partial charge in [-0.15, -0.1) is 11.8 Å². The van der Waals surface area contributed by atoms with Gasteiger partial charge in [0.25, 0.3) is 5.91 Å². The molecule has 146 valence electrons. The number of nitrogens with one attached hydrogen (secondary N) is 1. The van der Waals surface area contributed by atoms with Crippen molar-refractivity contribution in [3.8, 4) is 5.75 Å². The van der Waals surface area contributed by atoms with Gasteiger partial charge in [0.05, 0.1) is 4.87 Å². The molecule has 1 N–H and O–H groups in total. The lowest BCUT2D eigenvalue weighted by Crippen LogP contribution is -2.47. The van der Waals surface area contributed by atoms with Crippen LogP contribution >= 0.6 is 11.8 Å². The Morgan fingerprint density at radius 1 is 1.37 bits per heavy atom. The SMILES string of the molecule is C[C@]12CCC(=O)N1[C@H](C(=O)OCC(=O)Nc1ccc(OC(F)F)cc1)CS2. The van der Waals surface area contributed by atoms with Gasteiger partial charge in [0.15, 0.2) is 6.61 Å². The summed E-state index contributed by atoms with van der Waals surface area (Å²) in [5, 5.41) is 2.49. The van der Waals surface area contributed by atoms with E-state index in [0.29, 0.717) is 24.3 Å². The lowest BCUT2D eigenvalue weighted by Gasteiger charge is -2.29. The highest BCUT2D eigenvalue weighted by atomic mass is 32.2. The summed E-state index contributed by atoms with van der Waals surface area (Å²) in [5.74, 6) is -0.871. The normalized spacial score (nSPS) is 24.1. The van der Waals surface area contributed by atoms with Crippen LogP contribution in [0.15, 0.2) is 24.3 Å². The van der Waals surface area contributed by atoms with Crippen molar-refractivity contribution in [1.29, 1.82) is 0 Å². The second kappa shape index (κ2) is 7.71. The molecular formula is C17H18F2N2O5S. The predicted octanol–water partition coefficient (Wildman–Crippen LogP) is 2.22. The molecule has 2 saturated heterocycles. The summed E-state index contributed by atoms with van der Waals surface area (Å²) in [7, 11) is 0. The molecule has 2 heterocycles. The number of hydrogen-bond donors (Lipinski definition) is 1. The van der Waals surface area contributed by atoms with Crippen LogP contribution in [0.2, 0.25) is 0 Å². The van der Waals surface area contributed by atoms with E-state index >= 15 is 0 Å². The fourth-order valence-electron chi connectivity index (χ4n) is 3.14. The monoisotopic (exact) mass is 400 g/mol. The minimum absolute atomic E-state index is 0.0357. The van der Waals surface area contributed by atoms with E-state index in [9.17, 15) is 23.2 Å². The number of fused-ring (bicyclic) bond motifs is 1. The van der Waals surface area contributed by atoms with Gasteiger partial charge >= 0.3 is 12.6 Å². The van der Waals surface area contributed by atoms with Gasteiger partial charge in [-0.05, 0) is 37.6 Å². The second-order valence-corrected chi connectivity index (χ2v) is 7.83. The van der Waals surface area contributed by atoms with E-state index in [4.69, 9.17) is 4.74 Å². The predicted molar refractivity (Wildman–Crippen MR) is 93.4 cm³/mol. The summed E-state index contributed by atoms with van der Waals surface area (Å²) < 4.78 is 33.5. The van der Waals surface area contributed by atoms with Gasteiger partial charge in [0.2, 0.25) is 5.91 Å². The minimum Gasteiger partial charge on any atom is -0.454 e. The maximum absolute atomic E-state index is 12.3. The van der Waals surface area contributed by atoms with E-state index in [-0.39, 0.29) is 16.5 Å². The number of carbonyl (C=O) groups excluding carboxylic acids is 3. The van der Waals surface area contributed by atoms with Gasteiger partial charge in [0, 0.05) is 17.9 Å². The third-order valence-corrected chi connectivity index (χ3v) is 5.93. The number of alkyl halides is 2. The number of rotatable bonds is 6. The Morgan fingerprint density at radius 2 is 2.07 bits per heavy atom. The number of hydrogen-bond acceptors (Lipinski definition) is 6. The standard InChI is InChI=1S/C17H18F2N2O5S/c1-17-7-6-14(23)21(17)12(9-27-17)15(24)25-8-13(22)20-10-2-4-11(5-3-10)26-16(18)19/h2-5,12,16H,6-9H2,1H3,(H,20,22)/t12-,17-/m0/s1. The molecule has 0 bridgehead atoms. The van der Waals surface area contributed by atoms with Crippen molar-refractivity contribution in [1.82, 2.24) is 4.90 Å².